The topological polar surface area (TPSA) is 85.5 Å². The van der Waals surface area contributed by atoms with Crippen molar-refractivity contribution in [2.24, 2.45) is 11.8 Å². The van der Waals surface area contributed by atoms with Crippen LogP contribution in [-0.2, 0) is 6.54 Å². The number of rotatable bonds is 5. The fraction of sp³-hybridized carbons (Fsp3) is 0.471. The predicted octanol–water partition coefficient (Wildman–Crippen LogP) is 2.25. The van der Waals surface area contributed by atoms with Crippen molar-refractivity contribution in [1.29, 1.82) is 0 Å². The van der Waals surface area contributed by atoms with E-state index in [1.165, 1.54) is 6.42 Å². The van der Waals surface area contributed by atoms with Crippen molar-refractivity contribution in [3.63, 3.8) is 0 Å². The largest absolute Gasteiger partial charge is 0.369 e. The standard InChI is InChI=1S/C17H23N7/c1-12-3-7-24(10-15-18-5-6-19-15)9-13(12)8-21-17-14-2-4-20-16(14)22-11-23-17/h2,4-6,11-13H,3,7-10H2,1H3,(H,18,19)(H2,20,21,22,23). The molecule has 7 nitrogen and oxygen atoms in total. The van der Waals surface area contributed by atoms with E-state index in [0.29, 0.717) is 11.8 Å². The molecule has 2 atom stereocenters. The second-order valence-electron chi connectivity index (χ2n) is 6.64. The molecule has 126 valence electrons. The number of imidazole rings is 1. The van der Waals surface area contributed by atoms with Crippen molar-refractivity contribution < 1.29 is 0 Å². The molecule has 3 aromatic rings. The van der Waals surface area contributed by atoms with E-state index in [-0.39, 0.29) is 0 Å². The molecule has 0 aliphatic carbocycles. The molecule has 7 heteroatoms. The minimum absolute atomic E-state index is 0.595. The average Bonchev–Trinajstić information content (AvgIpc) is 3.26. The highest BCUT2D eigenvalue weighted by Crippen LogP contribution is 2.25. The van der Waals surface area contributed by atoms with Gasteiger partial charge in [-0.25, -0.2) is 15.0 Å². The van der Waals surface area contributed by atoms with Crippen molar-refractivity contribution in [2.45, 2.75) is 19.9 Å². The number of likely N-dealkylation sites (tertiary alicyclic amines) is 1. The summed E-state index contributed by atoms with van der Waals surface area (Å²) in [6, 6.07) is 2.02. The summed E-state index contributed by atoms with van der Waals surface area (Å²) in [5.74, 6) is 3.25. The molecule has 0 saturated carbocycles. The van der Waals surface area contributed by atoms with Gasteiger partial charge in [-0.05, 0) is 30.9 Å². The van der Waals surface area contributed by atoms with E-state index in [1.54, 1.807) is 6.33 Å². The van der Waals surface area contributed by atoms with Crippen molar-refractivity contribution in [3.8, 4) is 0 Å². The first-order chi connectivity index (χ1) is 11.8. The third-order valence-electron chi connectivity index (χ3n) is 5.01. The van der Waals surface area contributed by atoms with Gasteiger partial charge in [0.25, 0.3) is 0 Å². The van der Waals surface area contributed by atoms with Crippen LogP contribution in [0.15, 0.2) is 31.0 Å². The molecular weight excluding hydrogens is 302 g/mol. The zero-order valence-corrected chi connectivity index (χ0v) is 13.9. The van der Waals surface area contributed by atoms with E-state index in [9.17, 15) is 0 Å². The highest BCUT2D eigenvalue weighted by Gasteiger charge is 2.26. The third-order valence-corrected chi connectivity index (χ3v) is 5.01. The molecule has 0 radical (unpaired) electrons. The van der Waals surface area contributed by atoms with Crippen LogP contribution in [0.5, 0.6) is 0 Å². The van der Waals surface area contributed by atoms with Crippen molar-refractivity contribution in [2.75, 3.05) is 25.0 Å². The molecule has 3 N–H and O–H groups in total. The molecule has 4 rings (SSSR count). The first-order valence-electron chi connectivity index (χ1n) is 8.52. The van der Waals surface area contributed by atoms with Gasteiger partial charge in [-0.15, -0.1) is 0 Å². The highest BCUT2D eigenvalue weighted by molar-refractivity contribution is 5.86. The summed E-state index contributed by atoms with van der Waals surface area (Å²) >= 11 is 0. The van der Waals surface area contributed by atoms with Gasteiger partial charge in [-0.2, -0.15) is 0 Å². The fourth-order valence-electron chi connectivity index (χ4n) is 3.47. The third kappa shape index (κ3) is 3.12. The van der Waals surface area contributed by atoms with Crippen LogP contribution >= 0.6 is 0 Å². The average molecular weight is 325 g/mol. The minimum atomic E-state index is 0.595. The summed E-state index contributed by atoms with van der Waals surface area (Å²) in [7, 11) is 0. The second kappa shape index (κ2) is 6.60. The second-order valence-corrected chi connectivity index (χ2v) is 6.64. The van der Waals surface area contributed by atoms with Gasteiger partial charge in [-0.3, -0.25) is 4.90 Å². The maximum atomic E-state index is 4.40. The summed E-state index contributed by atoms with van der Waals surface area (Å²) in [5.41, 5.74) is 0.878. The molecule has 1 fully saturated rings. The summed E-state index contributed by atoms with van der Waals surface area (Å²) in [5, 5.41) is 4.58. The van der Waals surface area contributed by atoms with Gasteiger partial charge in [0.05, 0.1) is 11.9 Å². The number of nitrogens with one attached hydrogen (secondary N) is 3. The highest BCUT2D eigenvalue weighted by atomic mass is 15.2. The SMILES string of the molecule is CC1CCN(Cc2ncc[nH]2)CC1CNc1ncnc2[nH]ccc12. The van der Waals surface area contributed by atoms with Crippen LogP contribution in [0.25, 0.3) is 11.0 Å². The van der Waals surface area contributed by atoms with Crippen LogP contribution < -0.4 is 5.32 Å². The lowest BCUT2D eigenvalue weighted by molar-refractivity contribution is 0.126. The lowest BCUT2D eigenvalue weighted by Gasteiger charge is -2.36. The van der Waals surface area contributed by atoms with E-state index in [4.69, 9.17) is 0 Å². The van der Waals surface area contributed by atoms with Gasteiger partial charge in [0.15, 0.2) is 0 Å². The number of hydrogen-bond donors (Lipinski definition) is 3. The Balaban J connectivity index is 1.40. The molecule has 0 bridgehead atoms. The lowest BCUT2D eigenvalue weighted by atomic mass is 9.87. The van der Waals surface area contributed by atoms with E-state index in [1.807, 2.05) is 24.7 Å². The molecule has 0 aromatic carbocycles. The van der Waals surface area contributed by atoms with Crippen LogP contribution in [-0.4, -0.2) is 49.5 Å². The van der Waals surface area contributed by atoms with Crippen LogP contribution in [0.1, 0.15) is 19.2 Å². The Morgan fingerprint density at radius 3 is 3.08 bits per heavy atom. The minimum Gasteiger partial charge on any atom is -0.369 e. The Labute approximate surface area is 140 Å². The molecule has 1 aliphatic heterocycles. The van der Waals surface area contributed by atoms with E-state index in [2.05, 4.69) is 42.1 Å². The number of H-pyrrole nitrogens is 2. The molecule has 2 unspecified atom stereocenters. The van der Waals surface area contributed by atoms with Gasteiger partial charge < -0.3 is 15.3 Å². The fourth-order valence-corrected chi connectivity index (χ4v) is 3.47. The van der Waals surface area contributed by atoms with Gasteiger partial charge in [0.2, 0.25) is 0 Å². The van der Waals surface area contributed by atoms with Crippen LogP contribution in [0.2, 0.25) is 0 Å². The molecular formula is C17H23N7. The number of hydrogen-bond acceptors (Lipinski definition) is 5. The predicted molar refractivity (Wildman–Crippen MR) is 93.5 cm³/mol. The first-order valence-corrected chi connectivity index (χ1v) is 8.52. The number of nitrogens with zero attached hydrogens (tertiary/aromatic N) is 4. The Bertz CT molecular complexity index is 779. The van der Waals surface area contributed by atoms with Crippen molar-refractivity contribution in [1.82, 2.24) is 29.8 Å². The molecule has 1 aliphatic rings. The summed E-state index contributed by atoms with van der Waals surface area (Å²) < 4.78 is 0. The van der Waals surface area contributed by atoms with Crippen LogP contribution in [0, 0.1) is 11.8 Å². The maximum absolute atomic E-state index is 4.40. The number of piperidine rings is 1. The zero-order chi connectivity index (χ0) is 16.4. The number of fused-ring (bicyclic) bond motifs is 1. The van der Waals surface area contributed by atoms with Gasteiger partial charge in [0, 0.05) is 31.7 Å². The van der Waals surface area contributed by atoms with Gasteiger partial charge >= 0.3 is 0 Å². The summed E-state index contributed by atoms with van der Waals surface area (Å²) in [4.78, 5) is 21.8. The monoisotopic (exact) mass is 325 g/mol. The Morgan fingerprint density at radius 1 is 1.25 bits per heavy atom. The van der Waals surface area contributed by atoms with Crippen LogP contribution in [0.3, 0.4) is 0 Å². The summed E-state index contributed by atoms with van der Waals surface area (Å²) in [6.07, 6.45) is 8.43. The molecule has 4 heterocycles. The Hall–Kier alpha value is -2.41. The lowest BCUT2D eigenvalue weighted by Crippen LogP contribution is -2.42. The summed E-state index contributed by atoms with van der Waals surface area (Å²) in [6.45, 7) is 6.38. The Morgan fingerprint density at radius 2 is 2.21 bits per heavy atom. The number of aromatic nitrogens is 5. The molecule has 0 spiro atoms. The van der Waals surface area contributed by atoms with E-state index < -0.39 is 0 Å². The Kier molecular flexibility index (Phi) is 4.17. The van der Waals surface area contributed by atoms with E-state index >= 15 is 0 Å². The van der Waals surface area contributed by atoms with Crippen LogP contribution in [0.4, 0.5) is 5.82 Å². The quantitative estimate of drug-likeness (QED) is 0.670. The zero-order valence-electron chi connectivity index (χ0n) is 13.9. The normalized spacial score (nSPS) is 22.0. The number of anilines is 1. The van der Waals surface area contributed by atoms with Crippen molar-refractivity contribution in [3.05, 3.63) is 36.8 Å². The van der Waals surface area contributed by atoms with Gasteiger partial charge in [0.1, 0.15) is 23.6 Å². The number of aromatic amines is 2. The molecule has 3 aromatic heterocycles. The smallest absolute Gasteiger partial charge is 0.142 e. The molecule has 0 amide bonds. The van der Waals surface area contributed by atoms with E-state index in [0.717, 1.165) is 48.9 Å². The van der Waals surface area contributed by atoms with Gasteiger partial charge in [-0.1, -0.05) is 6.92 Å². The first kappa shape index (κ1) is 15.1. The molecule has 1 saturated heterocycles. The maximum Gasteiger partial charge on any atom is 0.142 e. The molecule has 24 heavy (non-hydrogen) atoms. The van der Waals surface area contributed by atoms with Crippen molar-refractivity contribution >= 4 is 16.9 Å².